The van der Waals surface area contributed by atoms with Crippen molar-refractivity contribution in [3.63, 3.8) is 0 Å². The van der Waals surface area contributed by atoms with Crippen LogP contribution in [0.5, 0.6) is 0 Å². The summed E-state index contributed by atoms with van der Waals surface area (Å²) in [4.78, 5) is 30.7. The van der Waals surface area contributed by atoms with E-state index >= 15 is 0 Å². The highest BCUT2D eigenvalue weighted by molar-refractivity contribution is 8.00. The van der Waals surface area contributed by atoms with Gasteiger partial charge in [0.1, 0.15) is 5.82 Å². The van der Waals surface area contributed by atoms with Gasteiger partial charge in [-0.1, -0.05) is 42.1 Å². The van der Waals surface area contributed by atoms with Gasteiger partial charge in [-0.05, 0) is 24.3 Å². The second-order valence-electron chi connectivity index (χ2n) is 5.96. The van der Waals surface area contributed by atoms with Crippen LogP contribution < -0.4 is 5.56 Å². The van der Waals surface area contributed by atoms with Gasteiger partial charge in [0.15, 0.2) is 10.9 Å². The van der Waals surface area contributed by atoms with Crippen molar-refractivity contribution >= 4 is 29.3 Å². The number of aryl methyl sites for hydroxylation is 1. The van der Waals surface area contributed by atoms with Gasteiger partial charge in [0.25, 0.3) is 5.56 Å². The second kappa shape index (κ2) is 7.70. The van der Waals surface area contributed by atoms with E-state index in [0.717, 1.165) is 17.9 Å². The van der Waals surface area contributed by atoms with Gasteiger partial charge in [0.2, 0.25) is 0 Å². The SMILES string of the molecule is O=C(CSc1nc2c(c(=O)n1-c1ccc(F)cc1)SCC2)c1ccccc1. The Bertz CT molecular complexity index is 1050. The van der Waals surface area contributed by atoms with Crippen LogP contribution in [0.25, 0.3) is 5.69 Å². The molecule has 2 heterocycles. The molecule has 1 aliphatic rings. The third-order valence-electron chi connectivity index (χ3n) is 4.18. The Morgan fingerprint density at radius 1 is 1.15 bits per heavy atom. The molecule has 4 rings (SSSR count). The first kappa shape index (κ1) is 18.0. The molecule has 4 nitrogen and oxygen atoms in total. The molecule has 2 aromatic carbocycles. The molecule has 3 aromatic rings. The van der Waals surface area contributed by atoms with E-state index in [4.69, 9.17) is 0 Å². The van der Waals surface area contributed by atoms with E-state index in [1.54, 1.807) is 24.3 Å². The second-order valence-corrected chi connectivity index (χ2v) is 8.01. The molecule has 0 spiro atoms. The zero-order valence-corrected chi connectivity index (χ0v) is 15.9. The Morgan fingerprint density at radius 3 is 2.63 bits per heavy atom. The van der Waals surface area contributed by atoms with Crippen LogP contribution in [0.4, 0.5) is 4.39 Å². The average molecular weight is 398 g/mol. The summed E-state index contributed by atoms with van der Waals surface area (Å²) in [5.74, 6) is 0.584. The standard InChI is InChI=1S/C20H15FN2O2S2/c21-14-6-8-15(9-7-14)23-19(25)18-16(10-11-26-18)22-20(23)27-12-17(24)13-4-2-1-3-5-13/h1-9H,10-12H2. The van der Waals surface area contributed by atoms with Crippen molar-refractivity contribution in [3.8, 4) is 5.69 Å². The van der Waals surface area contributed by atoms with Crippen LogP contribution in [0.15, 0.2) is 69.4 Å². The minimum absolute atomic E-state index is 0.0321. The van der Waals surface area contributed by atoms with Crippen LogP contribution in [0, 0.1) is 5.82 Å². The molecule has 7 heteroatoms. The minimum atomic E-state index is -0.372. The maximum atomic E-state index is 13.3. The third kappa shape index (κ3) is 3.70. The summed E-state index contributed by atoms with van der Waals surface area (Å²) >= 11 is 2.72. The molecule has 0 bridgehead atoms. The van der Waals surface area contributed by atoms with Crippen LogP contribution in [0.3, 0.4) is 0 Å². The molecule has 136 valence electrons. The Hall–Kier alpha value is -2.38. The number of nitrogens with zero attached hydrogens (tertiary/aromatic N) is 2. The first-order chi connectivity index (χ1) is 13.1. The first-order valence-corrected chi connectivity index (χ1v) is 10.4. The topological polar surface area (TPSA) is 52.0 Å². The minimum Gasteiger partial charge on any atom is -0.293 e. The summed E-state index contributed by atoms with van der Waals surface area (Å²) in [7, 11) is 0. The average Bonchev–Trinajstić information content (AvgIpc) is 3.17. The van der Waals surface area contributed by atoms with E-state index in [9.17, 15) is 14.0 Å². The largest absolute Gasteiger partial charge is 0.293 e. The van der Waals surface area contributed by atoms with Gasteiger partial charge < -0.3 is 0 Å². The number of Topliss-reactive ketones (excluding diaryl/α,β-unsaturated/α-hetero) is 1. The zero-order valence-electron chi connectivity index (χ0n) is 14.2. The lowest BCUT2D eigenvalue weighted by Gasteiger charge is -2.13. The summed E-state index contributed by atoms with van der Waals surface area (Å²) in [6, 6.07) is 14.7. The number of hydrogen-bond donors (Lipinski definition) is 0. The molecule has 0 fully saturated rings. The van der Waals surface area contributed by atoms with E-state index in [-0.39, 0.29) is 22.9 Å². The summed E-state index contributed by atoms with van der Waals surface area (Å²) in [5, 5.41) is 0.456. The fraction of sp³-hybridized carbons (Fsp3) is 0.150. The van der Waals surface area contributed by atoms with Gasteiger partial charge in [-0.25, -0.2) is 9.37 Å². The number of aromatic nitrogens is 2. The number of benzene rings is 2. The highest BCUT2D eigenvalue weighted by Crippen LogP contribution is 2.30. The summed E-state index contributed by atoms with van der Waals surface area (Å²) in [6.45, 7) is 0. The zero-order chi connectivity index (χ0) is 18.8. The fourth-order valence-electron chi connectivity index (χ4n) is 2.84. The van der Waals surface area contributed by atoms with Crippen molar-refractivity contribution in [2.45, 2.75) is 16.5 Å². The quantitative estimate of drug-likeness (QED) is 0.369. The van der Waals surface area contributed by atoms with E-state index in [2.05, 4.69) is 4.98 Å². The van der Waals surface area contributed by atoms with Crippen LogP contribution in [0.2, 0.25) is 0 Å². The van der Waals surface area contributed by atoms with Crippen molar-refractivity contribution < 1.29 is 9.18 Å². The molecule has 1 aliphatic heterocycles. The predicted molar refractivity (Wildman–Crippen MR) is 106 cm³/mol. The van der Waals surface area contributed by atoms with Gasteiger partial charge in [-0.3, -0.25) is 14.2 Å². The fourth-order valence-corrected chi connectivity index (χ4v) is 4.79. The smallest absolute Gasteiger partial charge is 0.272 e. The molecule has 0 N–H and O–H groups in total. The summed E-state index contributed by atoms with van der Waals surface area (Å²) in [5.41, 5.74) is 1.78. The molecule has 0 unspecified atom stereocenters. The van der Waals surface area contributed by atoms with Gasteiger partial charge in [-0.2, -0.15) is 0 Å². The first-order valence-electron chi connectivity index (χ1n) is 8.39. The maximum Gasteiger partial charge on any atom is 0.272 e. The molecule has 0 radical (unpaired) electrons. The molecule has 1 aromatic heterocycles. The van der Waals surface area contributed by atoms with E-state index in [0.29, 0.717) is 21.3 Å². The molecule has 0 atom stereocenters. The molecular weight excluding hydrogens is 383 g/mol. The predicted octanol–water partition coefficient (Wildman–Crippen LogP) is 3.99. The number of halogens is 1. The van der Waals surface area contributed by atoms with Gasteiger partial charge in [0, 0.05) is 17.7 Å². The summed E-state index contributed by atoms with van der Waals surface area (Å²) in [6.07, 6.45) is 0.736. The highest BCUT2D eigenvalue weighted by Gasteiger charge is 2.23. The van der Waals surface area contributed by atoms with Crippen molar-refractivity contribution in [1.29, 1.82) is 0 Å². The van der Waals surface area contributed by atoms with Crippen molar-refractivity contribution in [1.82, 2.24) is 9.55 Å². The maximum absolute atomic E-state index is 13.3. The number of hydrogen-bond acceptors (Lipinski definition) is 5. The van der Waals surface area contributed by atoms with Crippen LogP contribution in [-0.2, 0) is 6.42 Å². The van der Waals surface area contributed by atoms with Crippen LogP contribution in [0.1, 0.15) is 16.1 Å². The highest BCUT2D eigenvalue weighted by atomic mass is 32.2. The molecular formula is C20H15FN2O2S2. The van der Waals surface area contributed by atoms with Crippen LogP contribution in [-0.4, -0.2) is 26.8 Å². The van der Waals surface area contributed by atoms with Crippen LogP contribution >= 0.6 is 23.5 Å². The molecule has 0 saturated carbocycles. The van der Waals surface area contributed by atoms with E-state index < -0.39 is 0 Å². The Kier molecular flexibility index (Phi) is 5.13. The lowest BCUT2D eigenvalue weighted by molar-refractivity contribution is 0.102. The van der Waals surface area contributed by atoms with Gasteiger partial charge >= 0.3 is 0 Å². The van der Waals surface area contributed by atoms with E-state index in [1.165, 1.54) is 40.2 Å². The van der Waals surface area contributed by atoms with Gasteiger partial charge in [0.05, 0.1) is 22.0 Å². The number of ketones is 1. The summed E-state index contributed by atoms with van der Waals surface area (Å²) < 4.78 is 14.8. The van der Waals surface area contributed by atoms with Crippen molar-refractivity contribution in [2.24, 2.45) is 0 Å². The number of thioether (sulfide) groups is 2. The van der Waals surface area contributed by atoms with Crippen molar-refractivity contribution in [3.05, 3.63) is 82.0 Å². The lowest BCUT2D eigenvalue weighted by atomic mass is 10.2. The third-order valence-corrected chi connectivity index (χ3v) is 6.23. The molecule has 0 aliphatic carbocycles. The molecule has 27 heavy (non-hydrogen) atoms. The van der Waals surface area contributed by atoms with Gasteiger partial charge in [-0.15, -0.1) is 11.8 Å². The monoisotopic (exact) mass is 398 g/mol. The number of carbonyl (C=O) groups is 1. The van der Waals surface area contributed by atoms with Crippen molar-refractivity contribution in [2.75, 3.05) is 11.5 Å². The van der Waals surface area contributed by atoms with E-state index in [1.807, 2.05) is 18.2 Å². The molecule has 0 saturated heterocycles. The number of carbonyl (C=O) groups excluding carboxylic acids is 1. The number of fused-ring (bicyclic) bond motifs is 1. The Morgan fingerprint density at radius 2 is 1.89 bits per heavy atom. The Labute approximate surface area is 163 Å². The normalized spacial score (nSPS) is 12.8. The Balaban J connectivity index is 1.71. The molecule has 0 amide bonds. The number of rotatable bonds is 5. The lowest BCUT2D eigenvalue weighted by Crippen LogP contribution is -2.24.